The third-order valence-corrected chi connectivity index (χ3v) is 3.73. The summed E-state index contributed by atoms with van der Waals surface area (Å²) >= 11 is 0. The Balaban J connectivity index is 1.69. The third kappa shape index (κ3) is 2.46. The summed E-state index contributed by atoms with van der Waals surface area (Å²) in [5.74, 6) is 1.05. The summed E-state index contributed by atoms with van der Waals surface area (Å²) in [7, 11) is 0. The van der Waals surface area contributed by atoms with Gasteiger partial charge in [0.2, 0.25) is 6.79 Å². The summed E-state index contributed by atoms with van der Waals surface area (Å²) in [5.41, 5.74) is 2.97. The number of carbonyl (C=O) groups is 1. The van der Waals surface area contributed by atoms with E-state index in [-0.39, 0.29) is 12.7 Å². The minimum absolute atomic E-state index is 0.189. The van der Waals surface area contributed by atoms with Gasteiger partial charge in [-0.3, -0.25) is 9.78 Å². The van der Waals surface area contributed by atoms with Crippen molar-refractivity contribution in [3.05, 3.63) is 59.8 Å². The van der Waals surface area contributed by atoms with Gasteiger partial charge in [0.05, 0.1) is 11.2 Å². The molecule has 0 saturated heterocycles. The summed E-state index contributed by atoms with van der Waals surface area (Å²) < 4.78 is 10.6. The Hall–Kier alpha value is -3.08. The summed E-state index contributed by atoms with van der Waals surface area (Å²) in [6, 6.07) is 14.7. The molecule has 23 heavy (non-hydrogen) atoms. The van der Waals surface area contributed by atoms with Crippen LogP contribution < -0.4 is 14.8 Å². The zero-order chi connectivity index (χ0) is 15.8. The van der Waals surface area contributed by atoms with Crippen LogP contribution in [-0.4, -0.2) is 17.7 Å². The minimum atomic E-state index is -0.195. The number of benzene rings is 2. The van der Waals surface area contributed by atoms with Crippen molar-refractivity contribution in [2.45, 2.75) is 6.92 Å². The van der Waals surface area contributed by atoms with Crippen LogP contribution in [0.5, 0.6) is 11.5 Å². The Morgan fingerprint density at radius 2 is 1.91 bits per heavy atom. The van der Waals surface area contributed by atoms with Crippen LogP contribution in [-0.2, 0) is 0 Å². The highest BCUT2D eigenvalue weighted by Crippen LogP contribution is 2.33. The molecule has 0 saturated carbocycles. The van der Waals surface area contributed by atoms with Gasteiger partial charge in [0.25, 0.3) is 5.91 Å². The molecule has 2 heterocycles. The molecule has 0 radical (unpaired) electrons. The van der Waals surface area contributed by atoms with Gasteiger partial charge in [-0.05, 0) is 37.3 Å². The predicted octanol–water partition coefficient (Wildman–Crippen LogP) is 3.52. The molecule has 5 heteroatoms. The number of para-hydroxylation sites is 1. The maximum atomic E-state index is 12.5. The third-order valence-electron chi connectivity index (χ3n) is 3.73. The van der Waals surface area contributed by atoms with Gasteiger partial charge in [-0.1, -0.05) is 18.2 Å². The number of nitrogens with one attached hydrogen (secondary N) is 1. The monoisotopic (exact) mass is 306 g/mol. The molecule has 1 N–H and O–H groups in total. The lowest BCUT2D eigenvalue weighted by molar-refractivity contribution is 0.102. The second kappa shape index (κ2) is 5.28. The van der Waals surface area contributed by atoms with Gasteiger partial charge in [-0.15, -0.1) is 0 Å². The van der Waals surface area contributed by atoms with Crippen molar-refractivity contribution in [3.63, 3.8) is 0 Å². The van der Waals surface area contributed by atoms with Crippen molar-refractivity contribution in [2.75, 3.05) is 12.1 Å². The highest BCUT2D eigenvalue weighted by Gasteiger charge is 2.17. The van der Waals surface area contributed by atoms with Gasteiger partial charge in [0.1, 0.15) is 0 Å². The molecule has 0 bridgehead atoms. The smallest absolute Gasteiger partial charge is 0.255 e. The number of aromatic nitrogens is 1. The van der Waals surface area contributed by atoms with Crippen LogP contribution in [0, 0.1) is 6.92 Å². The Kier molecular flexibility index (Phi) is 3.12. The second-order valence-electron chi connectivity index (χ2n) is 5.35. The van der Waals surface area contributed by atoms with Gasteiger partial charge in [-0.2, -0.15) is 0 Å². The molecule has 2 aromatic carbocycles. The number of nitrogens with zero attached hydrogens (tertiary/aromatic N) is 1. The van der Waals surface area contributed by atoms with Gasteiger partial charge >= 0.3 is 0 Å². The first-order valence-electron chi connectivity index (χ1n) is 7.28. The second-order valence-corrected chi connectivity index (χ2v) is 5.35. The van der Waals surface area contributed by atoms with Crippen LogP contribution in [0.3, 0.4) is 0 Å². The lowest BCUT2D eigenvalue weighted by Gasteiger charge is -2.10. The minimum Gasteiger partial charge on any atom is -0.454 e. The number of amides is 1. The molecular formula is C18H14N2O3. The van der Waals surface area contributed by atoms with Crippen LogP contribution >= 0.6 is 0 Å². The van der Waals surface area contributed by atoms with Crippen LogP contribution in [0.25, 0.3) is 10.9 Å². The fourth-order valence-corrected chi connectivity index (χ4v) is 2.64. The predicted molar refractivity (Wildman–Crippen MR) is 87.0 cm³/mol. The van der Waals surface area contributed by atoms with Gasteiger partial charge in [0, 0.05) is 16.6 Å². The highest BCUT2D eigenvalue weighted by molar-refractivity contribution is 6.09. The average Bonchev–Trinajstić information content (AvgIpc) is 3.02. The average molecular weight is 306 g/mol. The number of anilines is 1. The summed E-state index contributed by atoms with van der Waals surface area (Å²) in [5, 5.41) is 3.87. The van der Waals surface area contributed by atoms with Crippen LogP contribution in [0.15, 0.2) is 48.5 Å². The lowest BCUT2D eigenvalue weighted by Crippen LogP contribution is -2.12. The van der Waals surface area contributed by atoms with E-state index < -0.39 is 0 Å². The van der Waals surface area contributed by atoms with Crippen molar-refractivity contribution in [1.29, 1.82) is 0 Å². The van der Waals surface area contributed by atoms with Crippen molar-refractivity contribution >= 4 is 22.5 Å². The molecule has 1 amide bonds. The van der Waals surface area contributed by atoms with E-state index in [0.717, 1.165) is 22.3 Å². The van der Waals surface area contributed by atoms with E-state index in [2.05, 4.69) is 10.3 Å². The topological polar surface area (TPSA) is 60.5 Å². The quantitative estimate of drug-likeness (QED) is 0.787. The first-order chi connectivity index (χ1) is 11.2. The molecular weight excluding hydrogens is 292 g/mol. The van der Waals surface area contributed by atoms with E-state index in [4.69, 9.17) is 9.47 Å². The Bertz CT molecular complexity index is 921. The number of rotatable bonds is 2. The standard InChI is InChI=1S/C18H14N2O3/c1-11-8-15(13-4-2-3-5-14(13)19-11)20-18(21)12-6-7-16-17(9-12)23-10-22-16/h2-9H,10H2,1H3,(H,19,20,21). The number of hydrogen-bond acceptors (Lipinski definition) is 4. The first kappa shape index (κ1) is 13.6. The van der Waals surface area contributed by atoms with Crippen molar-refractivity contribution < 1.29 is 14.3 Å². The van der Waals surface area contributed by atoms with Gasteiger partial charge < -0.3 is 14.8 Å². The number of ether oxygens (including phenoxy) is 2. The molecule has 114 valence electrons. The number of fused-ring (bicyclic) bond motifs is 2. The highest BCUT2D eigenvalue weighted by atomic mass is 16.7. The van der Waals surface area contributed by atoms with Crippen LogP contribution in [0.4, 0.5) is 5.69 Å². The zero-order valence-electron chi connectivity index (χ0n) is 12.5. The molecule has 3 aromatic rings. The van der Waals surface area contributed by atoms with Crippen molar-refractivity contribution in [3.8, 4) is 11.5 Å². The first-order valence-corrected chi connectivity index (χ1v) is 7.28. The van der Waals surface area contributed by atoms with E-state index in [1.807, 2.05) is 37.3 Å². The van der Waals surface area contributed by atoms with Crippen LogP contribution in [0.1, 0.15) is 16.1 Å². The summed E-state index contributed by atoms with van der Waals surface area (Å²) in [6.45, 7) is 2.09. The lowest BCUT2D eigenvalue weighted by atomic mass is 10.1. The van der Waals surface area contributed by atoms with Gasteiger partial charge in [-0.25, -0.2) is 0 Å². The molecule has 5 nitrogen and oxygen atoms in total. The van der Waals surface area contributed by atoms with E-state index >= 15 is 0 Å². The van der Waals surface area contributed by atoms with E-state index in [1.165, 1.54) is 0 Å². The zero-order valence-corrected chi connectivity index (χ0v) is 12.5. The molecule has 4 rings (SSSR count). The fraction of sp³-hybridized carbons (Fsp3) is 0.111. The number of carbonyl (C=O) groups excluding carboxylic acids is 1. The van der Waals surface area contributed by atoms with Crippen molar-refractivity contribution in [2.24, 2.45) is 0 Å². The molecule has 1 aliphatic heterocycles. The Morgan fingerprint density at radius 3 is 2.83 bits per heavy atom. The summed E-state index contributed by atoms with van der Waals surface area (Å²) in [6.07, 6.45) is 0. The molecule has 0 fully saturated rings. The number of pyridine rings is 1. The molecule has 1 aromatic heterocycles. The van der Waals surface area contributed by atoms with Crippen molar-refractivity contribution in [1.82, 2.24) is 4.98 Å². The molecule has 0 aliphatic carbocycles. The fourth-order valence-electron chi connectivity index (χ4n) is 2.64. The molecule has 0 atom stereocenters. The number of aryl methyl sites for hydroxylation is 1. The number of hydrogen-bond donors (Lipinski definition) is 1. The van der Waals surface area contributed by atoms with E-state index in [1.54, 1.807) is 18.2 Å². The maximum absolute atomic E-state index is 12.5. The summed E-state index contributed by atoms with van der Waals surface area (Å²) in [4.78, 5) is 17.0. The van der Waals surface area contributed by atoms with Crippen LogP contribution in [0.2, 0.25) is 0 Å². The van der Waals surface area contributed by atoms with E-state index in [0.29, 0.717) is 17.1 Å². The largest absolute Gasteiger partial charge is 0.454 e. The normalized spacial score (nSPS) is 12.4. The molecule has 0 spiro atoms. The SMILES string of the molecule is Cc1cc(NC(=O)c2ccc3c(c2)OCO3)c2ccccc2n1. The molecule has 0 unspecified atom stereocenters. The van der Waals surface area contributed by atoms with Gasteiger partial charge in [0.15, 0.2) is 11.5 Å². The maximum Gasteiger partial charge on any atom is 0.255 e. The molecule has 1 aliphatic rings. The Morgan fingerprint density at radius 1 is 1.09 bits per heavy atom. The Labute approximate surface area is 132 Å². The van der Waals surface area contributed by atoms with E-state index in [9.17, 15) is 4.79 Å².